The van der Waals surface area contributed by atoms with E-state index in [1.54, 1.807) is 0 Å². The van der Waals surface area contributed by atoms with Crippen LogP contribution in [0.5, 0.6) is 0 Å². The van der Waals surface area contributed by atoms with Gasteiger partial charge >= 0.3 is 0 Å². The van der Waals surface area contributed by atoms with Gasteiger partial charge in [0.25, 0.3) is 0 Å². The lowest BCUT2D eigenvalue weighted by molar-refractivity contribution is -0.122. The van der Waals surface area contributed by atoms with Crippen molar-refractivity contribution in [2.45, 2.75) is 13.8 Å². The van der Waals surface area contributed by atoms with E-state index in [2.05, 4.69) is 27.9 Å². The highest BCUT2D eigenvalue weighted by Gasteiger charge is 2.26. The number of amides is 1. The summed E-state index contributed by atoms with van der Waals surface area (Å²) in [5.74, 6) is 0.252. The molecule has 0 bridgehead atoms. The highest BCUT2D eigenvalue weighted by Crippen LogP contribution is 2.20. The van der Waals surface area contributed by atoms with Crippen LogP contribution in [0.3, 0.4) is 0 Å². The van der Waals surface area contributed by atoms with Crippen LogP contribution in [0.1, 0.15) is 13.8 Å². The third kappa shape index (κ3) is 3.65. The van der Waals surface area contributed by atoms with Gasteiger partial charge in [-0.15, -0.1) is 11.6 Å². The van der Waals surface area contributed by atoms with Crippen LogP contribution in [0.4, 0.5) is 5.69 Å². The summed E-state index contributed by atoms with van der Waals surface area (Å²) in [6.07, 6.45) is 0. The Hall–Kier alpha value is -0.290. The second-order valence-corrected chi connectivity index (χ2v) is 5.49. The molecule has 4 heteroatoms. The Morgan fingerprint density at radius 1 is 1.40 bits per heavy atom. The number of benzene rings is 1. The molecule has 0 saturated carbocycles. The van der Waals surface area contributed by atoms with E-state index >= 15 is 0 Å². The monoisotopic (exact) mass is 337 g/mol. The van der Waals surface area contributed by atoms with Crippen LogP contribution < -0.4 is 5.32 Å². The number of hydrogen-bond donors (Lipinski definition) is 1. The standard InChI is InChI=1S/C11H13ClINO/c1-11(2,7-12)10(15)14-9-5-3-8(13)4-6-9/h3-6H,7H2,1-2H3,(H,14,15). The number of carbonyl (C=O) groups is 1. The predicted molar refractivity (Wildman–Crippen MR) is 72.3 cm³/mol. The first-order valence-corrected chi connectivity index (χ1v) is 6.20. The van der Waals surface area contributed by atoms with Crippen molar-refractivity contribution >= 4 is 45.8 Å². The second-order valence-electron chi connectivity index (χ2n) is 3.98. The van der Waals surface area contributed by atoms with Crippen LogP contribution in [0, 0.1) is 8.99 Å². The van der Waals surface area contributed by atoms with Crippen molar-refractivity contribution < 1.29 is 4.79 Å². The van der Waals surface area contributed by atoms with Gasteiger partial charge in [0.2, 0.25) is 5.91 Å². The predicted octanol–water partition coefficient (Wildman–Crippen LogP) is 3.49. The molecule has 1 rings (SSSR count). The number of halogens is 2. The fourth-order valence-electron chi connectivity index (χ4n) is 0.894. The van der Waals surface area contributed by atoms with E-state index in [0.717, 1.165) is 9.26 Å². The topological polar surface area (TPSA) is 29.1 Å². The average Bonchev–Trinajstić information content (AvgIpc) is 2.21. The summed E-state index contributed by atoms with van der Waals surface area (Å²) < 4.78 is 1.14. The van der Waals surface area contributed by atoms with Gasteiger partial charge < -0.3 is 5.32 Å². The van der Waals surface area contributed by atoms with E-state index in [4.69, 9.17) is 11.6 Å². The van der Waals surface area contributed by atoms with Crippen molar-refractivity contribution in [3.63, 3.8) is 0 Å². The van der Waals surface area contributed by atoms with Gasteiger partial charge in [0.1, 0.15) is 0 Å². The number of rotatable bonds is 3. The maximum Gasteiger partial charge on any atom is 0.231 e. The van der Waals surface area contributed by atoms with E-state index in [1.165, 1.54) is 0 Å². The molecule has 0 radical (unpaired) electrons. The Morgan fingerprint density at radius 3 is 2.40 bits per heavy atom. The summed E-state index contributed by atoms with van der Waals surface area (Å²) in [5, 5.41) is 2.83. The summed E-state index contributed by atoms with van der Waals surface area (Å²) in [7, 11) is 0. The number of nitrogens with one attached hydrogen (secondary N) is 1. The fraction of sp³-hybridized carbons (Fsp3) is 0.364. The molecule has 1 amide bonds. The van der Waals surface area contributed by atoms with Gasteiger partial charge in [-0.25, -0.2) is 0 Å². The summed E-state index contributed by atoms with van der Waals surface area (Å²) >= 11 is 7.94. The van der Waals surface area contributed by atoms with Crippen LogP contribution in [0.15, 0.2) is 24.3 Å². The van der Waals surface area contributed by atoms with E-state index in [9.17, 15) is 4.79 Å². The normalized spacial score (nSPS) is 11.2. The Kier molecular flexibility index (Phi) is 4.40. The molecule has 15 heavy (non-hydrogen) atoms. The number of carbonyl (C=O) groups excluding carboxylic acids is 1. The molecule has 0 unspecified atom stereocenters. The first-order valence-electron chi connectivity index (χ1n) is 4.59. The van der Waals surface area contributed by atoms with Crippen molar-refractivity contribution in [3.05, 3.63) is 27.8 Å². The molecule has 0 spiro atoms. The largest absolute Gasteiger partial charge is 0.326 e. The van der Waals surface area contributed by atoms with Crippen LogP contribution in [-0.4, -0.2) is 11.8 Å². The molecule has 82 valence electrons. The molecule has 0 aliphatic rings. The van der Waals surface area contributed by atoms with Crippen LogP contribution in [-0.2, 0) is 4.79 Å². The van der Waals surface area contributed by atoms with Crippen molar-refractivity contribution in [1.82, 2.24) is 0 Å². The van der Waals surface area contributed by atoms with E-state index in [-0.39, 0.29) is 5.91 Å². The van der Waals surface area contributed by atoms with Gasteiger partial charge in [-0.1, -0.05) is 0 Å². The van der Waals surface area contributed by atoms with Crippen LogP contribution >= 0.6 is 34.2 Å². The first kappa shape index (κ1) is 12.8. The molecule has 2 nitrogen and oxygen atoms in total. The first-order chi connectivity index (χ1) is 6.95. The molecule has 1 aromatic carbocycles. The molecular formula is C11H13ClINO. The molecule has 0 aliphatic carbocycles. The van der Waals surface area contributed by atoms with E-state index in [0.29, 0.717) is 5.88 Å². The van der Waals surface area contributed by atoms with Gasteiger partial charge in [-0.05, 0) is 60.7 Å². The Labute approximate surface area is 109 Å². The molecule has 0 fully saturated rings. The Balaban J connectivity index is 2.71. The van der Waals surface area contributed by atoms with Crippen molar-refractivity contribution in [2.75, 3.05) is 11.2 Å². The van der Waals surface area contributed by atoms with Crippen molar-refractivity contribution in [2.24, 2.45) is 5.41 Å². The number of alkyl halides is 1. The highest BCUT2D eigenvalue weighted by molar-refractivity contribution is 14.1. The Morgan fingerprint density at radius 2 is 1.93 bits per heavy atom. The molecule has 0 aliphatic heterocycles. The van der Waals surface area contributed by atoms with Crippen molar-refractivity contribution in [3.8, 4) is 0 Å². The summed E-state index contributed by atoms with van der Waals surface area (Å²) in [6, 6.07) is 7.65. The zero-order valence-electron chi connectivity index (χ0n) is 8.68. The maximum absolute atomic E-state index is 11.8. The molecule has 0 atom stereocenters. The molecular weight excluding hydrogens is 324 g/mol. The minimum atomic E-state index is -0.537. The molecule has 1 N–H and O–H groups in total. The third-order valence-corrected chi connectivity index (χ3v) is 3.44. The van der Waals surface area contributed by atoms with Gasteiger partial charge in [-0.2, -0.15) is 0 Å². The maximum atomic E-state index is 11.8. The Bertz CT molecular complexity index is 348. The SMILES string of the molecule is CC(C)(CCl)C(=O)Nc1ccc(I)cc1. The molecule has 0 aromatic heterocycles. The minimum Gasteiger partial charge on any atom is -0.326 e. The van der Waals surface area contributed by atoms with Gasteiger partial charge in [-0.3, -0.25) is 4.79 Å². The van der Waals surface area contributed by atoms with Crippen LogP contribution in [0.2, 0.25) is 0 Å². The van der Waals surface area contributed by atoms with Crippen molar-refractivity contribution in [1.29, 1.82) is 0 Å². The summed E-state index contributed by atoms with van der Waals surface area (Å²) in [5.41, 5.74) is 0.267. The molecule has 1 aromatic rings. The van der Waals surface area contributed by atoms with Gasteiger partial charge in [0.05, 0.1) is 5.41 Å². The van der Waals surface area contributed by atoms with E-state index in [1.807, 2.05) is 38.1 Å². The lowest BCUT2D eigenvalue weighted by Crippen LogP contribution is -2.32. The lowest BCUT2D eigenvalue weighted by atomic mass is 9.95. The smallest absolute Gasteiger partial charge is 0.231 e. The van der Waals surface area contributed by atoms with Crippen LogP contribution in [0.25, 0.3) is 0 Å². The fourth-order valence-corrected chi connectivity index (χ4v) is 1.38. The number of hydrogen-bond acceptors (Lipinski definition) is 1. The molecule has 0 saturated heterocycles. The van der Waals surface area contributed by atoms with Gasteiger partial charge in [0.15, 0.2) is 0 Å². The summed E-state index contributed by atoms with van der Waals surface area (Å²) in [6.45, 7) is 3.64. The van der Waals surface area contributed by atoms with E-state index < -0.39 is 5.41 Å². The second kappa shape index (κ2) is 5.16. The third-order valence-electron chi connectivity index (χ3n) is 2.05. The lowest BCUT2D eigenvalue weighted by Gasteiger charge is -2.20. The van der Waals surface area contributed by atoms with Gasteiger partial charge in [0, 0.05) is 15.1 Å². The summed E-state index contributed by atoms with van der Waals surface area (Å²) in [4.78, 5) is 11.8. The average molecular weight is 338 g/mol. The number of anilines is 1. The zero-order chi connectivity index (χ0) is 11.5. The quantitative estimate of drug-likeness (QED) is 0.664. The zero-order valence-corrected chi connectivity index (χ0v) is 11.6. The minimum absolute atomic E-state index is 0.0568. The molecule has 0 heterocycles. The highest BCUT2D eigenvalue weighted by atomic mass is 127.